The second kappa shape index (κ2) is 7.49. The Morgan fingerprint density at radius 2 is 2.00 bits per heavy atom. The number of nitrogens with one attached hydrogen (secondary N) is 1. The van der Waals surface area contributed by atoms with E-state index in [1.807, 2.05) is 18.2 Å². The summed E-state index contributed by atoms with van der Waals surface area (Å²) in [5.74, 6) is 0.192. The predicted molar refractivity (Wildman–Crippen MR) is 94.9 cm³/mol. The average molecular weight is 339 g/mol. The van der Waals surface area contributed by atoms with Crippen LogP contribution in [-0.2, 0) is 11.2 Å². The number of anilines is 1. The first-order valence-corrected chi connectivity index (χ1v) is 8.38. The standard InChI is InChI=1S/C20H21NO4/c1-13(22)14-6-2-3-9-17(14)21-20(24)12-25-19-11-5-7-15-16(19)8-4-10-18(15)23/h2-3,5-7,9,11,18,23H,4,8,10,12H2,1H3,(H,21,24)/t18-/m1/s1. The van der Waals surface area contributed by atoms with E-state index in [1.54, 1.807) is 24.3 Å². The van der Waals surface area contributed by atoms with Gasteiger partial charge in [-0.25, -0.2) is 0 Å². The zero-order valence-corrected chi connectivity index (χ0v) is 14.1. The van der Waals surface area contributed by atoms with Crippen LogP contribution >= 0.6 is 0 Å². The molecular weight excluding hydrogens is 318 g/mol. The highest BCUT2D eigenvalue weighted by Crippen LogP contribution is 2.35. The lowest BCUT2D eigenvalue weighted by Crippen LogP contribution is -2.22. The van der Waals surface area contributed by atoms with Crippen molar-refractivity contribution >= 4 is 17.4 Å². The van der Waals surface area contributed by atoms with E-state index in [9.17, 15) is 14.7 Å². The van der Waals surface area contributed by atoms with Gasteiger partial charge in [0.05, 0.1) is 11.8 Å². The second-order valence-electron chi connectivity index (χ2n) is 6.17. The number of benzene rings is 2. The zero-order valence-electron chi connectivity index (χ0n) is 14.1. The molecule has 0 bridgehead atoms. The van der Waals surface area contributed by atoms with E-state index >= 15 is 0 Å². The van der Waals surface area contributed by atoms with Gasteiger partial charge in [-0.3, -0.25) is 9.59 Å². The molecule has 1 atom stereocenters. The molecule has 2 N–H and O–H groups in total. The lowest BCUT2D eigenvalue weighted by atomic mass is 9.89. The van der Waals surface area contributed by atoms with Gasteiger partial charge in [0, 0.05) is 5.56 Å². The zero-order chi connectivity index (χ0) is 17.8. The number of para-hydroxylation sites is 1. The number of carbonyl (C=O) groups is 2. The Hall–Kier alpha value is -2.66. The summed E-state index contributed by atoms with van der Waals surface area (Å²) in [5.41, 5.74) is 2.80. The van der Waals surface area contributed by atoms with Crippen molar-refractivity contribution in [2.75, 3.05) is 11.9 Å². The van der Waals surface area contributed by atoms with Crippen molar-refractivity contribution in [2.45, 2.75) is 32.3 Å². The molecule has 0 spiro atoms. The first kappa shape index (κ1) is 17.2. The molecule has 130 valence electrons. The molecule has 25 heavy (non-hydrogen) atoms. The fourth-order valence-electron chi connectivity index (χ4n) is 3.15. The van der Waals surface area contributed by atoms with Gasteiger partial charge in [-0.15, -0.1) is 0 Å². The maximum absolute atomic E-state index is 12.2. The summed E-state index contributed by atoms with van der Waals surface area (Å²) in [7, 11) is 0. The minimum Gasteiger partial charge on any atom is -0.483 e. The minimum absolute atomic E-state index is 0.108. The van der Waals surface area contributed by atoms with E-state index in [1.165, 1.54) is 6.92 Å². The molecule has 0 unspecified atom stereocenters. The Balaban J connectivity index is 1.68. The normalized spacial score (nSPS) is 16.0. The van der Waals surface area contributed by atoms with Gasteiger partial charge < -0.3 is 15.2 Å². The first-order chi connectivity index (χ1) is 12.1. The Morgan fingerprint density at radius 1 is 1.20 bits per heavy atom. The molecular formula is C20H21NO4. The monoisotopic (exact) mass is 339 g/mol. The highest BCUT2D eigenvalue weighted by atomic mass is 16.5. The second-order valence-corrected chi connectivity index (χ2v) is 6.17. The van der Waals surface area contributed by atoms with Crippen LogP contribution in [0.3, 0.4) is 0 Å². The van der Waals surface area contributed by atoms with E-state index < -0.39 is 6.10 Å². The summed E-state index contributed by atoms with van der Waals surface area (Å²) in [4.78, 5) is 23.8. The summed E-state index contributed by atoms with van der Waals surface area (Å²) in [6, 6.07) is 12.4. The smallest absolute Gasteiger partial charge is 0.262 e. The summed E-state index contributed by atoms with van der Waals surface area (Å²) in [5, 5.41) is 12.8. The third-order valence-corrected chi connectivity index (χ3v) is 4.37. The van der Waals surface area contributed by atoms with Crippen LogP contribution in [0.1, 0.15) is 47.4 Å². The van der Waals surface area contributed by atoms with Crippen molar-refractivity contribution in [3.63, 3.8) is 0 Å². The molecule has 2 aromatic rings. The summed E-state index contributed by atoms with van der Waals surface area (Å²) in [6.07, 6.45) is 2.01. The fourth-order valence-corrected chi connectivity index (χ4v) is 3.15. The summed E-state index contributed by atoms with van der Waals surface area (Å²) < 4.78 is 5.68. The Bertz CT molecular complexity index is 800. The number of rotatable bonds is 5. The molecule has 0 aromatic heterocycles. The van der Waals surface area contributed by atoms with Gasteiger partial charge in [0.1, 0.15) is 5.75 Å². The highest BCUT2D eigenvalue weighted by Gasteiger charge is 2.21. The Morgan fingerprint density at radius 3 is 2.80 bits per heavy atom. The largest absolute Gasteiger partial charge is 0.483 e. The van der Waals surface area contributed by atoms with E-state index in [0.29, 0.717) is 17.0 Å². The Labute approximate surface area is 146 Å². The number of hydrogen-bond donors (Lipinski definition) is 2. The van der Waals surface area contributed by atoms with Crippen LogP contribution in [-0.4, -0.2) is 23.4 Å². The maximum Gasteiger partial charge on any atom is 0.262 e. The van der Waals surface area contributed by atoms with Gasteiger partial charge in [0.2, 0.25) is 0 Å². The highest BCUT2D eigenvalue weighted by molar-refractivity contribution is 6.03. The number of hydrogen-bond acceptors (Lipinski definition) is 4. The van der Waals surface area contributed by atoms with Crippen molar-refractivity contribution in [2.24, 2.45) is 0 Å². The molecule has 2 aromatic carbocycles. The van der Waals surface area contributed by atoms with E-state index in [0.717, 1.165) is 30.4 Å². The molecule has 0 radical (unpaired) electrons. The van der Waals surface area contributed by atoms with Crippen LogP contribution in [0, 0.1) is 0 Å². The van der Waals surface area contributed by atoms with Crippen molar-refractivity contribution in [3.8, 4) is 5.75 Å². The number of ether oxygens (including phenoxy) is 1. The molecule has 5 heteroatoms. The van der Waals surface area contributed by atoms with Gasteiger partial charge in [-0.05, 0) is 55.5 Å². The molecule has 1 amide bonds. The van der Waals surface area contributed by atoms with Gasteiger partial charge >= 0.3 is 0 Å². The lowest BCUT2D eigenvalue weighted by Gasteiger charge is -2.23. The molecule has 0 saturated heterocycles. The lowest BCUT2D eigenvalue weighted by molar-refractivity contribution is -0.118. The maximum atomic E-state index is 12.2. The SMILES string of the molecule is CC(=O)c1ccccc1NC(=O)COc1cccc2c1CCC[C@H]2O. The van der Waals surface area contributed by atoms with E-state index in [4.69, 9.17) is 4.74 Å². The fraction of sp³-hybridized carbons (Fsp3) is 0.300. The Kier molecular flexibility index (Phi) is 5.14. The van der Waals surface area contributed by atoms with Crippen molar-refractivity contribution in [1.82, 2.24) is 0 Å². The minimum atomic E-state index is -0.469. The van der Waals surface area contributed by atoms with Crippen LogP contribution in [0.5, 0.6) is 5.75 Å². The first-order valence-electron chi connectivity index (χ1n) is 8.38. The van der Waals surface area contributed by atoms with Crippen molar-refractivity contribution in [1.29, 1.82) is 0 Å². The van der Waals surface area contributed by atoms with E-state index in [2.05, 4.69) is 5.32 Å². The quantitative estimate of drug-likeness (QED) is 0.820. The van der Waals surface area contributed by atoms with Crippen LogP contribution in [0.25, 0.3) is 0 Å². The molecule has 1 aliphatic rings. The number of ketones is 1. The molecule has 1 aliphatic carbocycles. The summed E-state index contributed by atoms with van der Waals surface area (Å²) >= 11 is 0. The summed E-state index contributed by atoms with van der Waals surface area (Å²) in [6.45, 7) is 1.31. The van der Waals surface area contributed by atoms with Gasteiger partial charge in [-0.1, -0.05) is 24.3 Å². The van der Waals surface area contributed by atoms with Crippen LogP contribution < -0.4 is 10.1 Å². The molecule has 0 fully saturated rings. The number of aliphatic hydroxyl groups excluding tert-OH is 1. The van der Waals surface area contributed by atoms with Crippen LogP contribution in [0.4, 0.5) is 5.69 Å². The topological polar surface area (TPSA) is 75.6 Å². The molecule has 5 nitrogen and oxygen atoms in total. The van der Waals surface area contributed by atoms with E-state index in [-0.39, 0.29) is 18.3 Å². The predicted octanol–water partition coefficient (Wildman–Crippen LogP) is 3.28. The molecule has 0 aliphatic heterocycles. The number of fused-ring (bicyclic) bond motifs is 1. The van der Waals surface area contributed by atoms with Crippen molar-refractivity contribution in [3.05, 3.63) is 59.2 Å². The number of carbonyl (C=O) groups excluding carboxylic acids is 2. The molecule has 3 rings (SSSR count). The van der Waals surface area contributed by atoms with Crippen molar-refractivity contribution < 1.29 is 19.4 Å². The van der Waals surface area contributed by atoms with Gasteiger partial charge in [0.25, 0.3) is 5.91 Å². The third kappa shape index (κ3) is 3.88. The number of amides is 1. The molecule has 0 saturated carbocycles. The van der Waals surface area contributed by atoms with Crippen LogP contribution in [0.15, 0.2) is 42.5 Å². The number of aliphatic hydroxyl groups is 1. The molecule has 0 heterocycles. The third-order valence-electron chi connectivity index (χ3n) is 4.37. The average Bonchev–Trinajstić information content (AvgIpc) is 2.60. The number of Topliss-reactive ketones (excluding diaryl/α,β-unsaturated/α-hetero) is 1. The van der Waals surface area contributed by atoms with Gasteiger partial charge in [-0.2, -0.15) is 0 Å². The van der Waals surface area contributed by atoms with Gasteiger partial charge in [0.15, 0.2) is 12.4 Å². The van der Waals surface area contributed by atoms with Crippen LogP contribution in [0.2, 0.25) is 0 Å².